The average molecular weight is 558 g/mol. The summed E-state index contributed by atoms with van der Waals surface area (Å²) in [5, 5.41) is 11.6. The smallest absolute Gasteiger partial charge is 0.338 e. The van der Waals surface area contributed by atoms with Gasteiger partial charge in [0.1, 0.15) is 0 Å². The largest absolute Gasteiger partial charge is 0.478 e. The first kappa shape index (κ1) is 30.3. The number of aryl methyl sites for hydroxylation is 2. The van der Waals surface area contributed by atoms with Crippen LogP contribution in [0.4, 0.5) is 0 Å². The Balaban J connectivity index is 0.000000195. The molecule has 0 saturated heterocycles. The van der Waals surface area contributed by atoms with E-state index in [-0.39, 0.29) is 11.9 Å². The molecule has 0 radical (unpaired) electrons. The molecular weight excluding hydrogens is 527 g/mol. The number of carboxylic acid groups (broad SMARTS) is 1. The lowest BCUT2D eigenvalue weighted by molar-refractivity contribution is 0.0598. The molecule has 0 aromatic heterocycles. The summed E-state index contributed by atoms with van der Waals surface area (Å²) in [5.41, 5.74) is 4.74. The van der Waals surface area contributed by atoms with Gasteiger partial charge in [-0.1, -0.05) is 18.2 Å². The fourth-order valence-electron chi connectivity index (χ4n) is 3.34. The Morgan fingerprint density at radius 3 is 1.81 bits per heavy atom. The molecule has 1 heterocycles. The number of ether oxygens (including phenoxy) is 1. The fraction of sp³-hybridized carbons (Fsp3) is 0.250. The van der Waals surface area contributed by atoms with Crippen molar-refractivity contribution in [1.29, 1.82) is 0 Å². The van der Waals surface area contributed by atoms with Gasteiger partial charge in [-0.3, -0.25) is 4.79 Å². The molecule has 3 aromatic rings. The molecule has 0 bridgehead atoms. The first-order valence-electron chi connectivity index (χ1n) is 11.2. The lowest BCUT2D eigenvalue weighted by Crippen LogP contribution is -2.12. The summed E-state index contributed by atoms with van der Waals surface area (Å²) in [5.74, 6) is -1.07. The van der Waals surface area contributed by atoms with E-state index in [0.717, 1.165) is 36.9 Å². The lowest BCUT2D eigenvalue weighted by Gasteiger charge is -2.04. The second-order valence-corrected chi connectivity index (χ2v) is 10.5. The predicted octanol–water partition coefficient (Wildman–Crippen LogP) is 6.57. The minimum absolute atomic E-state index is 0.0564. The molecular formula is C28H31NO5S3. The van der Waals surface area contributed by atoms with Crippen LogP contribution in [0.25, 0.3) is 0 Å². The summed E-state index contributed by atoms with van der Waals surface area (Å²) >= 11 is 4.81. The highest BCUT2D eigenvalue weighted by Crippen LogP contribution is 2.22. The number of carbonyl (C=O) groups is 3. The SMILES string of the molecule is COC(=O)c1cc(SC)ccc1C.CSc1ccc(C)c(C(=O)O)c1.CSc1ccc2c(c1)C(=O)NC2. The van der Waals surface area contributed by atoms with E-state index in [1.54, 1.807) is 48.3 Å². The number of rotatable bonds is 5. The maximum absolute atomic E-state index is 11.3. The molecule has 0 unspecified atom stereocenters. The lowest BCUT2D eigenvalue weighted by atomic mass is 10.1. The number of amides is 1. The quantitative estimate of drug-likeness (QED) is 0.269. The zero-order valence-electron chi connectivity index (χ0n) is 21.7. The Morgan fingerprint density at radius 2 is 1.30 bits per heavy atom. The van der Waals surface area contributed by atoms with Gasteiger partial charge in [-0.05, 0) is 85.7 Å². The minimum atomic E-state index is -0.858. The van der Waals surface area contributed by atoms with Gasteiger partial charge in [0.2, 0.25) is 0 Å². The van der Waals surface area contributed by atoms with Crippen molar-refractivity contribution in [3.63, 3.8) is 0 Å². The summed E-state index contributed by atoms with van der Waals surface area (Å²) in [6.07, 6.45) is 5.91. The van der Waals surface area contributed by atoms with Gasteiger partial charge in [-0.25, -0.2) is 9.59 Å². The highest BCUT2D eigenvalue weighted by Gasteiger charge is 2.18. The number of thioether (sulfide) groups is 3. The van der Waals surface area contributed by atoms with Crippen molar-refractivity contribution in [3.8, 4) is 0 Å². The van der Waals surface area contributed by atoms with Crippen LogP contribution in [-0.2, 0) is 11.3 Å². The van der Waals surface area contributed by atoms with Crippen LogP contribution in [0.15, 0.2) is 69.3 Å². The van der Waals surface area contributed by atoms with E-state index in [2.05, 4.69) is 10.1 Å². The Kier molecular flexibility index (Phi) is 12.1. The molecule has 196 valence electrons. The number of fused-ring (bicyclic) bond motifs is 1. The van der Waals surface area contributed by atoms with Gasteiger partial charge in [0.05, 0.1) is 18.2 Å². The number of nitrogens with one attached hydrogen (secondary N) is 1. The van der Waals surface area contributed by atoms with E-state index in [9.17, 15) is 14.4 Å². The Hall–Kier alpha value is -2.88. The van der Waals surface area contributed by atoms with Crippen LogP contribution < -0.4 is 5.32 Å². The van der Waals surface area contributed by atoms with Gasteiger partial charge in [0, 0.05) is 26.8 Å². The van der Waals surface area contributed by atoms with Gasteiger partial charge in [-0.15, -0.1) is 35.3 Å². The standard InChI is InChI=1S/C10H12O2S.C9H9NOS.C9H10O2S/c1-7-4-5-8(13-3)6-9(7)10(11)12-2;1-12-7-3-2-6-5-10-9(11)8(6)4-7;1-6-3-4-7(12-2)5-8(6)9(10)11/h4-6H,1-3H3;2-4H,5H2,1H3,(H,10,11);3-5H,1-2H3,(H,10,11). The number of carboxylic acids is 1. The molecule has 37 heavy (non-hydrogen) atoms. The summed E-state index contributed by atoms with van der Waals surface area (Å²) in [4.78, 5) is 36.4. The van der Waals surface area contributed by atoms with E-state index in [0.29, 0.717) is 17.7 Å². The van der Waals surface area contributed by atoms with Crippen LogP contribution >= 0.6 is 35.3 Å². The van der Waals surface area contributed by atoms with Crippen LogP contribution in [0.1, 0.15) is 47.8 Å². The average Bonchev–Trinajstić information content (AvgIpc) is 3.29. The molecule has 0 atom stereocenters. The summed E-state index contributed by atoms with van der Waals surface area (Å²) < 4.78 is 4.67. The van der Waals surface area contributed by atoms with Gasteiger partial charge in [-0.2, -0.15) is 0 Å². The molecule has 0 saturated carbocycles. The van der Waals surface area contributed by atoms with Crippen LogP contribution in [0.5, 0.6) is 0 Å². The Bertz CT molecular complexity index is 1270. The van der Waals surface area contributed by atoms with Crippen molar-refractivity contribution in [3.05, 3.63) is 88.0 Å². The molecule has 1 amide bonds. The maximum Gasteiger partial charge on any atom is 0.338 e. The number of hydrogen-bond acceptors (Lipinski definition) is 7. The third-order valence-corrected chi connectivity index (χ3v) is 7.70. The third-order valence-electron chi connectivity index (χ3n) is 5.53. The third kappa shape index (κ3) is 8.59. The van der Waals surface area contributed by atoms with Crippen molar-refractivity contribution in [1.82, 2.24) is 5.32 Å². The summed E-state index contributed by atoms with van der Waals surface area (Å²) in [7, 11) is 1.40. The molecule has 1 aliphatic heterocycles. The van der Waals surface area contributed by atoms with Crippen molar-refractivity contribution in [2.75, 3.05) is 25.9 Å². The zero-order chi connectivity index (χ0) is 27.5. The van der Waals surface area contributed by atoms with Crippen molar-refractivity contribution in [2.24, 2.45) is 0 Å². The van der Waals surface area contributed by atoms with E-state index >= 15 is 0 Å². The topological polar surface area (TPSA) is 92.7 Å². The van der Waals surface area contributed by atoms with Crippen molar-refractivity contribution >= 4 is 53.1 Å². The van der Waals surface area contributed by atoms with Gasteiger partial charge >= 0.3 is 11.9 Å². The number of benzene rings is 3. The number of esters is 1. The molecule has 9 heteroatoms. The maximum atomic E-state index is 11.3. The summed E-state index contributed by atoms with van der Waals surface area (Å²) in [6, 6.07) is 17.2. The van der Waals surface area contributed by atoms with E-state index < -0.39 is 5.97 Å². The van der Waals surface area contributed by atoms with Crippen LogP contribution in [0.2, 0.25) is 0 Å². The first-order valence-corrected chi connectivity index (χ1v) is 14.9. The molecule has 2 N–H and O–H groups in total. The van der Waals surface area contributed by atoms with E-state index in [4.69, 9.17) is 5.11 Å². The highest BCUT2D eigenvalue weighted by atomic mass is 32.2. The number of hydrogen-bond donors (Lipinski definition) is 2. The van der Waals surface area contributed by atoms with Gasteiger partial charge in [0.15, 0.2) is 0 Å². The Labute approximate surface area is 231 Å². The van der Waals surface area contributed by atoms with E-state index in [1.165, 1.54) is 7.11 Å². The van der Waals surface area contributed by atoms with Crippen molar-refractivity contribution < 1.29 is 24.2 Å². The number of aromatic carboxylic acids is 1. The molecule has 6 nitrogen and oxygen atoms in total. The van der Waals surface area contributed by atoms with Gasteiger partial charge in [0.25, 0.3) is 5.91 Å². The van der Waals surface area contributed by atoms with Crippen LogP contribution in [0.3, 0.4) is 0 Å². The monoisotopic (exact) mass is 557 g/mol. The normalized spacial score (nSPS) is 11.2. The van der Waals surface area contributed by atoms with Crippen LogP contribution in [0, 0.1) is 13.8 Å². The molecule has 0 spiro atoms. The molecule has 4 rings (SSSR count). The molecule has 0 aliphatic carbocycles. The van der Waals surface area contributed by atoms with E-state index in [1.807, 2.05) is 74.2 Å². The fourth-order valence-corrected chi connectivity index (χ4v) is 4.65. The van der Waals surface area contributed by atoms with Gasteiger partial charge < -0.3 is 15.2 Å². The second-order valence-electron chi connectivity index (χ2n) is 7.86. The Morgan fingerprint density at radius 1 is 0.811 bits per heavy atom. The zero-order valence-corrected chi connectivity index (χ0v) is 24.2. The number of methoxy groups -OCH3 is 1. The molecule has 3 aromatic carbocycles. The molecule has 1 aliphatic rings. The first-order chi connectivity index (χ1) is 17.6. The second kappa shape index (κ2) is 14.8. The predicted molar refractivity (Wildman–Crippen MR) is 154 cm³/mol. The highest BCUT2D eigenvalue weighted by molar-refractivity contribution is 7.99. The van der Waals surface area contributed by atoms with Crippen molar-refractivity contribution in [2.45, 2.75) is 35.1 Å². The summed E-state index contributed by atoms with van der Waals surface area (Å²) in [6.45, 7) is 4.38. The number of carbonyl (C=O) groups excluding carboxylic acids is 2. The minimum Gasteiger partial charge on any atom is -0.478 e. The molecule has 0 fully saturated rings. The van der Waals surface area contributed by atoms with Crippen LogP contribution in [-0.4, -0.2) is 48.8 Å².